The number of aliphatic hydroxyl groups excluding tert-OH is 1. The number of ether oxygens (including phenoxy) is 1. The normalized spacial score (nSPS) is 14.2. The van der Waals surface area contributed by atoms with Crippen LogP contribution in [0.3, 0.4) is 0 Å². The van der Waals surface area contributed by atoms with Crippen molar-refractivity contribution < 1.29 is 28.2 Å². The van der Waals surface area contributed by atoms with E-state index in [-0.39, 0.29) is 31.2 Å². The quantitative estimate of drug-likeness (QED) is 0.209. The molecule has 1 aliphatic rings. The molecule has 0 bridgehead atoms. The van der Waals surface area contributed by atoms with Crippen molar-refractivity contribution in [2.45, 2.75) is 31.9 Å². The number of nitrogens with one attached hydrogen (secondary N) is 2. The summed E-state index contributed by atoms with van der Waals surface area (Å²) >= 11 is 0. The van der Waals surface area contributed by atoms with Crippen molar-refractivity contribution in [1.29, 1.82) is 0 Å². The zero-order valence-electron chi connectivity index (χ0n) is 24.5. The Balaban J connectivity index is 1.31. The molecule has 2 aromatic carbocycles. The van der Waals surface area contributed by atoms with Crippen molar-refractivity contribution in [3.8, 4) is 0 Å². The molecule has 3 N–H and O–H groups in total. The third-order valence-electron chi connectivity index (χ3n) is 7.60. The highest BCUT2D eigenvalue weighted by Gasteiger charge is 2.18. The smallest absolute Gasteiger partial charge is 0.325 e. The van der Waals surface area contributed by atoms with Crippen LogP contribution in [0, 0.1) is 0 Å². The number of nitrogens with zero attached hydrogens (tertiary/aromatic N) is 4. The number of hydrogen-bond acceptors (Lipinski definition) is 7. The minimum absolute atomic E-state index is 0.0377. The standard InChI is InChI=1S/C32H36F2N6O4/c1-35-32(43)40-15-9-24-18-25(6-7-28(24)40)39(16-17-44-21-29(33)34)26-8-12-36-30(19-26)37-31(42)23-4-2-22(3-5-23)20-38-13-10-27(41)11-14-38/h2-9,12,15,18-19,27,29,41H,10-11,13-14,16-17,20-21H2,1H3,(H,35,43)(H,36,37,42). The number of halogens is 2. The van der Waals surface area contributed by atoms with Gasteiger partial charge in [-0.15, -0.1) is 0 Å². The summed E-state index contributed by atoms with van der Waals surface area (Å²) < 4.78 is 32.1. The number of carbonyl (C=O) groups excluding carboxylic acids is 2. The number of pyridine rings is 1. The molecule has 44 heavy (non-hydrogen) atoms. The minimum Gasteiger partial charge on any atom is -0.393 e. The molecule has 1 aliphatic heterocycles. The molecule has 10 nitrogen and oxygen atoms in total. The summed E-state index contributed by atoms with van der Waals surface area (Å²) in [5.41, 5.74) is 3.70. The Kier molecular flexibility index (Phi) is 10.2. The summed E-state index contributed by atoms with van der Waals surface area (Å²) in [6, 6.07) is 18.0. The number of hydrogen-bond donors (Lipinski definition) is 3. The molecule has 1 fully saturated rings. The molecule has 1 saturated heterocycles. The Hall–Kier alpha value is -4.39. The topological polar surface area (TPSA) is 112 Å². The maximum absolute atomic E-state index is 13.1. The van der Waals surface area contributed by atoms with Crippen molar-refractivity contribution in [1.82, 2.24) is 19.8 Å². The van der Waals surface area contributed by atoms with E-state index >= 15 is 0 Å². The van der Waals surface area contributed by atoms with E-state index in [1.807, 2.05) is 41.3 Å². The Morgan fingerprint density at radius 2 is 1.82 bits per heavy atom. The molecule has 0 spiro atoms. The van der Waals surface area contributed by atoms with Gasteiger partial charge in [0.1, 0.15) is 12.4 Å². The molecule has 0 saturated carbocycles. The van der Waals surface area contributed by atoms with E-state index in [4.69, 9.17) is 4.74 Å². The van der Waals surface area contributed by atoms with Crippen LogP contribution >= 0.6 is 0 Å². The maximum atomic E-state index is 13.1. The van der Waals surface area contributed by atoms with Gasteiger partial charge in [0, 0.05) is 74.0 Å². The van der Waals surface area contributed by atoms with Crippen LogP contribution in [-0.4, -0.2) is 83.9 Å². The Morgan fingerprint density at radius 1 is 1.07 bits per heavy atom. The number of aliphatic hydroxyl groups is 1. The van der Waals surface area contributed by atoms with Crippen molar-refractivity contribution in [3.05, 3.63) is 84.2 Å². The lowest BCUT2D eigenvalue weighted by atomic mass is 10.1. The van der Waals surface area contributed by atoms with Crippen LogP contribution < -0.4 is 15.5 Å². The Labute approximate surface area is 254 Å². The van der Waals surface area contributed by atoms with Gasteiger partial charge in [-0.3, -0.25) is 14.3 Å². The molecule has 0 unspecified atom stereocenters. The summed E-state index contributed by atoms with van der Waals surface area (Å²) in [5.74, 6) is 0.0138. The second kappa shape index (κ2) is 14.4. The van der Waals surface area contributed by atoms with E-state index in [2.05, 4.69) is 20.5 Å². The summed E-state index contributed by atoms with van der Waals surface area (Å²) in [7, 11) is 1.56. The van der Waals surface area contributed by atoms with E-state index in [1.165, 1.54) is 4.57 Å². The van der Waals surface area contributed by atoms with Gasteiger partial charge in [-0.2, -0.15) is 0 Å². The number of piperidine rings is 1. The van der Waals surface area contributed by atoms with E-state index in [1.54, 1.807) is 43.7 Å². The highest BCUT2D eigenvalue weighted by molar-refractivity contribution is 6.04. The molecule has 5 rings (SSSR count). The van der Waals surface area contributed by atoms with E-state index < -0.39 is 13.0 Å². The first kappa shape index (κ1) is 31.0. The largest absolute Gasteiger partial charge is 0.393 e. The number of rotatable bonds is 11. The number of likely N-dealkylation sites (tertiary alicyclic amines) is 1. The summed E-state index contributed by atoms with van der Waals surface area (Å²) in [6.45, 7) is 2.07. The van der Waals surface area contributed by atoms with Gasteiger partial charge in [0.05, 0.1) is 18.2 Å². The zero-order valence-corrected chi connectivity index (χ0v) is 24.5. The van der Waals surface area contributed by atoms with Crippen molar-refractivity contribution in [2.24, 2.45) is 0 Å². The van der Waals surface area contributed by atoms with Crippen LogP contribution in [0.4, 0.5) is 30.8 Å². The molecular weight excluding hydrogens is 570 g/mol. The van der Waals surface area contributed by atoms with Gasteiger partial charge < -0.3 is 25.4 Å². The number of alkyl halides is 2. The maximum Gasteiger partial charge on any atom is 0.325 e. The fraction of sp³-hybridized carbons (Fsp3) is 0.344. The number of anilines is 3. The van der Waals surface area contributed by atoms with Gasteiger partial charge in [0.2, 0.25) is 0 Å². The predicted octanol–water partition coefficient (Wildman–Crippen LogP) is 4.85. The summed E-state index contributed by atoms with van der Waals surface area (Å²) in [4.78, 5) is 33.8. The summed E-state index contributed by atoms with van der Waals surface area (Å²) in [5, 5.41) is 16.0. The van der Waals surface area contributed by atoms with E-state index in [0.717, 1.165) is 49.1 Å². The monoisotopic (exact) mass is 606 g/mol. The van der Waals surface area contributed by atoms with E-state index in [0.29, 0.717) is 22.6 Å². The molecule has 0 aliphatic carbocycles. The lowest BCUT2D eigenvalue weighted by Gasteiger charge is -2.29. The minimum atomic E-state index is -2.57. The van der Waals surface area contributed by atoms with Crippen LogP contribution in [0.5, 0.6) is 0 Å². The lowest BCUT2D eigenvalue weighted by molar-refractivity contribution is 0.0206. The van der Waals surface area contributed by atoms with Crippen LogP contribution in [-0.2, 0) is 11.3 Å². The second-order valence-electron chi connectivity index (χ2n) is 10.7. The van der Waals surface area contributed by atoms with Crippen molar-refractivity contribution >= 4 is 40.0 Å². The van der Waals surface area contributed by atoms with Gasteiger partial charge in [-0.25, -0.2) is 18.6 Å². The number of fused-ring (bicyclic) bond motifs is 1. The van der Waals surface area contributed by atoms with Crippen LogP contribution in [0.1, 0.15) is 28.8 Å². The van der Waals surface area contributed by atoms with Crippen LogP contribution in [0.15, 0.2) is 73.1 Å². The predicted molar refractivity (Wildman–Crippen MR) is 165 cm³/mol. The molecule has 232 valence electrons. The third-order valence-corrected chi connectivity index (χ3v) is 7.60. The first-order valence-corrected chi connectivity index (χ1v) is 14.5. The highest BCUT2D eigenvalue weighted by atomic mass is 19.3. The first-order valence-electron chi connectivity index (χ1n) is 14.5. The number of aromatic nitrogens is 2. The van der Waals surface area contributed by atoms with Crippen molar-refractivity contribution in [2.75, 3.05) is 50.1 Å². The fourth-order valence-corrected chi connectivity index (χ4v) is 5.27. The lowest BCUT2D eigenvalue weighted by Crippen LogP contribution is -2.35. The molecule has 0 radical (unpaired) electrons. The highest BCUT2D eigenvalue weighted by Crippen LogP contribution is 2.30. The first-order chi connectivity index (χ1) is 21.3. The van der Waals surface area contributed by atoms with Gasteiger partial charge in [-0.1, -0.05) is 12.1 Å². The number of benzene rings is 2. The second-order valence-corrected chi connectivity index (χ2v) is 10.7. The molecule has 3 heterocycles. The molecule has 2 amide bonds. The number of carbonyl (C=O) groups is 2. The molecule has 4 aromatic rings. The Morgan fingerprint density at radius 3 is 2.55 bits per heavy atom. The molecule has 2 aromatic heterocycles. The summed E-state index contributed by atoms with van der Waals surface area (Å²) in [6.07, 6.45) is 1.99. The molecule has 0 atom stereocenters. The van der Waals surface area contributed by atoms with Gasteiger partial charge >= 0.3 is 6.03 Å². The van der Waals surface area contributed by atoms with Gasteiger partial charge in [0.15, 0.2) is 0 Å². The molecular formula is C32H36F2N6O4. The third kappa shape index (κ3) is 7.76. The van der Waals surface area contributed by atoms with Crippen molar-refractivity contribution in [3.63, 3.8) is 0 Å². The SMILES string of the molecule is CNC(=O)n1ccc2cc(N(CCOCC(F)F)c3ccnc(NC(=O)c4ccc(CN5CCC(O)CC5)cc4)c3)ccc21. The average Bonchev–Trinajstić information content (AvgIpc) is 3.45. The van der Waals surface area contributed by atoms with E-state index in [9.17, 15) is 23.5 Å². The van der Waals surface area contributed by atoms with Gasteiger partial charge in [-0.05, 0) is 60.9 Å². The molecule has 12 heteroatoms. The fourth-order valence-electron chi connectivity index (χ4n) is 5.27. The Bertz CT molecular complexity index is 1570. The van der Waals surface area contributed by atoms with Crippen LogP contribution in [0.2, 0.25) is 0 Å². The van der Waals surface area contributed by atoms with Gasteiger partial charge in [0.25, 0.3) is 12.3 Å². The van der Waals surface area contributed by atoms with Crippen LogP contribution in [0.25, 0.3) is 10.9 Å². The number of amides is 2. The zero-order chi connectivity index (χ0) is 31.1. The average molecular weight is 607 g/mol.